The first-order valence-electron chi connectivity index (χ1n) is 17.2. The van der Waals surface area contributed by atoms with Gasteiger partial charge in [-0.3, -0.25) is 0 Å². The Morgan fingerprint density at radius 1 is 0.449 bits per heavy atom. The summed E-state index contributed by atoms with van der Waals surface area (Å²) < 4.78 is 4.84. The van der Waals surface area contributed by atoms with Gasteiger partial charge >= 0.3 is 0 Å². The summed E-state index contributed by atoms with van der Waals surface area (Å²) in [5.41, 5.74) is 11.0. The standard InChI is InChI=1S/C47H34N2/c1-31-15-24-45-41(27-31)43-30-37(21-26-47(43)48(45)38-11-3-2-4-12-38)36-20-25-46-42(29-36)40-13-7-8-14-44(40)49(46)39-22-18-33(19-23-39)35-17-16-32-9-5-6-10-34(32)28-35/h2-14,16-31H,15H2,1H3. The molecule has 0 aliphatic heterocycles. The number of para-hydroxylation sites is 2. The van der Waals surface area contributed by atoms with Crippen LogP contribution < -0.4 is 10.6 Å². The molecule has 0 saturated heterocycles. The van der Waals surface area contributed by atoms with Crippen LogP contribution in [-0.4, -0.2) is 9.13 Å². The highest BCUT2D eigenvalue weighted by atomic mass is 15.0. The molecule has 1 aliphatic rings. The smallest absolute Gasteiger partial charge is 0.0541 e. The maximum absolute atomic E-state index is 2.46. The molecule has 0 N–H and O–H groups in total. The number of hydrogen-bond acceptors (Lipinski definition) is 0. The van der Waals surface area contributed by atoms with Gasteiger partial charge in [0.1, 0.15) is 0 Å². The molecule has 2 heteroatoms. The summed E-state index contributed by atoms with van der Waals surface area (Å²) in [5, 5.41) is 9.04. The lowest BCUT2D eigenvalue weighted by Gasteiger charge is -2.10. The molecule has 0 saturated carbocycles. The first kappa shape index (κ1) is 27.9. The van der Waals surface area contributed by atoms with Crippen molar-refractivity contribution in [1.29, 1.82) is 0 Å². The van der Waals surface area contributed by atoms with Crippen LogP contribution in [0.4, 0.5) is 0 Å². The Bertz CT molecular complexity index is 2850. The van der Waals surface area contributed by atoms with E-state index in [0.29, 0.717) is 5.92 Å². The fourth-order valence-electron chi connectivity index (χ4n) is 8.00. The van der Waals surface area contributed by atoms with Crippen LogP contribution in [0, 0.1) is 5.92 Å². The molecule has 1 aliphatic carbocycles. The van der Waals surface area contributed by atoms with Crippen LogP contribution in [-0.2, 0) is 0 Å². The zero-order valence-corrected chi connectivity index (χ0v) is 27.3. The molecule has 7 aromatic carbocycles. The van der Waals surface area contributed by atoms with E-state index < -0.39 is 0 Å². The maximum Gasteiger partial charge on any atom is 0.0541 e. The minimum absolute atomic E-state index is 0.523. The molecule has 0 radical (unpaired) electrons. The molecule has 1 unspecified atom stereocenters. The number of fused-ring (bicyclic) bond motifs is 7. The van der Waals surface area contributed by atoms with Gasteiger partial charge in [0.25, 0.3) is 0 Å². The number of rotatable bonds is 4. The highest BCUT2D eigenvalue weighted by Crippen LogP contribution is 2.36. The van der Waals surface area contributed by atoms with Crippen molar-refractivity contribution >= 4 is 55.6 Å². The summed E-state index contributed by atoms with van der Waals surface area (Å²) in [6.07, 6.45) is 5.95. The van der Waals surface area contributed by atoms with Gasteiger partial charge < -0.3 is 9.13 Å². The van der Waals surface area contributed by atoms with Crippen molar-refractivity contribution < 1.29 is 0 Å². The average Bonchev–Trinajstić information content (AvgIpc) is 3.66. The van der Waals surface area contributed by atoms with Gasteiger partial charge in [0.2, 0.25) is 0 Å². The second kappa shape index (κ2) is 11.0. The SMILES string of the molecule is CC1C=c2c(n(-c3ccccc3)c3ccc(-c4ccc5c(c4)c4ccccc4n5-c4ccc(-c5ccc6ccccc6c5)cc4)cc23)=CC1. The molecular weight excluding hydrogens is 593 g/mol. The molecule has 0 bridgehead atoms. The van der Waals surface area contributed by atoms with Gasteiger partial charge in [-0.05, 0) is 106 Å². The zero-order valence-electron chi connectivity index (χ0n) is 27.3. The van der Waals surface area contributed by atoms with Crippen molar-refractivity contribution in [1.82, 2.24) is 9.13 Å². The van der Waals surface area contributed by atoms with Crippen molar-refractivity contribution in [3.05, 3.63) is 168 Å². The molecule has 9 aromatic rings. The molecule has 2 aromatic heterocycles. The third-order valence-electron chi connectivity index (χ3n) is 10.4. The molecular formula is C47H34N2. The van der Waals surface area contributed by atoms with Crippen LogP contribution >= 0.6 is 0 Å². The van der Waals surface area contributed by atoms with Crippen LogP contribution in [0.1, 0.15) is 13.3 Å². The minimum Gasteiger partial charge on any atom is -0.310 e. The number of nitrogens with zero attached hydrogens (tertiary/aromatic N) is 2. The maximum atomic E-state index is 2.46. The Hall–Kier alpha value is -6.12. The lowest BCUT2D eigenvalue weighted by atomic mass is 9.98. The predicted octanol–water partition coefficient (Wildman–Crippen LogP) is 10.8. The molecule has 232 valence electrons. The van der Waals surface area contributed by atoms with Crippen molar-refractivity contribution in [3.63, 3.8) is 0 Å². The first-order valence-corrected chi connectivity index (χ1v) is 17.2. The number of aromatic nitrogens is 2. The molecule has 1 atom stereocenters. The number of benzene rings is 7. The quantitative estimate of drug-likeness (QED) is 0.184. The Morgan fingerprint density at radius 2 is 1.04 bits per heavy atom. The van der Waals surface area contributed by atoms with Gasteiger partial charge in [0.15, 0.2) is 0 Å². The summed E-state index contributed by atoms with van der Waals surface area (Å²) in [7, 11) is 0. The van der Waals surface area contributed by atoms with Gasteiger partial charge in [0, 0.05) is 38.1 Å². The summed E-state index contributed by atoms with van der Waals surface area (Å²) in [4.78, 5) is 0. The van der Waals surface area contributed by atoms with Crippen LogP contribution in [0.2, 0.25) is 0 Å². The normalized spacial score (nSPS) is 14.3. The highest BCUT2D eigenvalue weighted by molar-refractivity contribution is 6.10. The molecule has 49 heavy (non-hydrogen) atoms. The Kier molecular flexibility index (Phi) is 6.25. The summed E-state index contributed by atoms with van der Waals surface area (Å²) in [5.74, 6) is 0.523. The third-order valence-corrected chi connectivity index (χ3v) is 10.4. The average molecular weight is 627 g/mol. The second-order valence-electron chi connectivity index (χ2n) is 13.5. The van der Waals surface area contributed by atoms with E-state index in [4.69, 9.17) is 0 Å². The van der Waals surface area contributed by atoms with Gasteiger partial charge in [-0.25, -0.2) is 0 Å². The molecule has 10 rings (SSSR count). The van der Waals surface area contributed by atoms with E-state index in [-0.39, 0.29) is 0 Å². The van der Waals surface area contributed by atoms with E-state index >= 15 is 0 Å². The molecule has 0 amide bonds. The second-order valence-corrected chi connectivity index (χ2v) is 13.5. The molecule has 2 heterocycles. The Morgan fingerprint density at radius 3 is 1.86 bits per heavy atom. The summed E-state index contributed by atoms with van der Waals surface area (Å²) in [6, 6.07) is 57.8. The third kappa shape index (κ3) is 4.48. The fraction of sp³-hybridized carbons (Fsp3) is 0.0638. The summed E-state index contributed by atoms with van der Waals surface area (Å²) >= 11 is 0. The van der Waals surface area contributed by atoms with E-state index in [1.807, 2.05) is 0 Å². The van der Waals surface area contributed by atoms with E-state index in [1.165, 1.54) is 87.7 Å². The van der Waals surface area contributed by atoms with Crippen molar-refractivity contribution in [2.75, 3.05) is 0 Å². The van der Waals surface area contributed by atoms with Gasteiger partial charge in [0.05, 0.1) is 16.6 Å². The van der Waals surface area contributed by atoms with E-state index in [1.54, 1.807) is 0 Å². The van der Waals surface area contributed by atoms with Crippen LogP contribution in [0.15, 0.2) is 158 Å². The topological polar surface area (TPSA) is 9.86 Å². The Balaban J connectivity index is 1.10. The predicted molar refractivity (Wildman–Crippen MR) is 208 cm³/mol. The van der Waals surface area contributed by atoms with Crippen LogP contribution in [0.5, 0.6) is 0 Å². The largest absolute Gasteiger partial charge is 0.310 e. The van der Waals surface area contributed by atoms with Gasteiger partial charge in [-0.1, -0.05) is 116 Å². The molecule has 0 spiro atoms. The van der Waals surface area contributed by atoms with Gasteiger partial charge in [-0.15, -0.1) is 0 Å². The van der Waals surface area contributed by atoms with Crippen molar-refractivity contribution in [2.24, 2.45) is 5.92 Å². The van der Waals surface area contributed by atoms with Gasteiger partial charge in [-0.2, -0.15) is 0 Å². The van der Waals surface area contributed by atoms with E-state index in [0.717, 1.165) is 6.42 Å². The first-order chi connectivity index (χ1) is 24.2. The van der Waals surface area contributed by atoms with Crippen molar-refractivity contribution in [2.45, 2.75) is 13.3 Å². The highest BCUT2D eigenvalue weighted by Gasteiger charge is 2.17. The monoisotopic (exact) mass is 626 g/mol. The lowest BCUT2D eigenvalue weighted by molar-refractivity contribution is 0.795. The molecule has 0 fully saturated rings. The van der Waals surface area contributed by atoms with E-state index in [2.05, 4.69) is 186 Å². The zero-order chi connectivity index (χ0) is 32.5. The Labute approximate surface area is 285 Å². The number of hydrogen-bond donors (Lipinski definition) is 0. The van der Waals surface area contributed by atoms with E-state index in [9.17, 15) is 0 Å². The van der Waals surface area contributed by atoms with Crippen LogP contribution in [0.3, 0.4) is 0 Å². The molecule has 2 nitrogen and oxygen atoms in total. The minimum atomic E-state index is 0.523. The van der Waals surface area contributed by atoms with Crippen LogP contribution in [0.25, 0.3) is 89.3 Å². The lowest BCUT2D eigenvalue weighted by Crippen LogP contribution is -2.31. The summed E-state index contributed by atoms with van der Waals surface area (Å²) in [6.45, 7) is 2.32. The fourth-order valence-corrected chi connectivity index (χ4v) is 8.00. The van der Waals surface area contributed by atoms with Crippen molar-refractivity contribution in [3.8, 4) is 33.6 Å².